The molecule has 1 aliphatic rings. The minimum atomic E-state index is -1.15. The van der Waals surface area contributed by atoms with Crippen LogP contribution in [0, 0.1) is 0 Å². The summed E-state index contributed by atoms with van der Waals surface area (Å²) in [5, 5.41) is 4.38. The molecular weight excluding hydrogens is 484 g/mol. The predicted octanol–water partition coefficient (Wildman–Crippen LogP) is 4.36. The van der Waals surface area contributed by atoms with Gasteiger partial charge < -0.3 is 14.2 Å². The van der Waals surface area contributed by atoms with Crippen molar-refractivity contribution in [3.8, 4) is 11.4 Å². The molecule has 37 heavy (non-hydrogen) atoms. The smallest absolute Gasteiger partial charge is 0.316 e. The van der Waals surface area contributed by atoms with Crippen LogP contribution in [0.1, 0.15) is 23.3 Å². The van der Waals surface area contributed by atoms with E-state index in [1.807, 2.05) is 102 Å². The quantitative estimate of drug-likeness (QED) is 0.326. The van der Waals surface area contributed by atoms with Crippen molar-refractivity contribution < 1.29 is 9.29 Å². The molecule has 0 saturated carbocycles. The van der Waals surface area contributed by atoms with Gasteiger partial charge in [0.15, 0.2) is 5.25 Å². The number of hydrogen-bond acceptors (Lipinski definition) is 6. The third-order valence-corrected chi connectivity index (χ3v) is 8.30. The fraction of sp³-hybridized carbons (Fsp3) is 0.241. The second-order valence-electron chi connectivity index (χ2n) is 8.93. The summed E-state index contributed by atoms with van der Waals surface area (Å²) in [5.41, 5.74) is 3.08. The molecule has 0 radical (unpaired) electrons. The zero-order valence-corrected chi connectivity index (χ0v) is 21.6. The highest BCUT2D eigenvalue weighted by atomic mass is 32.2. The molecule has 1 unspecified atom stereocenters. The summed E-state index contributed by atoms with van der Waals surface area (Å²) in [6, 6.07) is 29.1. The van der Waals surface area contributed by atoms with Gasteiger partial charge in [0.1, 0.15) is 12.3 Å². The van der Waals surface area contributed by atoms with Gasteiger partial charge in [-0.2, -0.15) is 9.78 Å². The van der Waals surface area contributed by atoms with Gasteiger partial charge >= 0.3 is 5.56 Å². The van der Waals surface area contributed by atoms with Gasteiger partial charge in [0.25, 0.3) is 0 Å². The molecule has 190 valence electrons. The molecule has 5 rings (SSSR count). The number of ether oxygens (including phenoxy) is 1. The van der Waals surface area contributed by atoms with E-state index in [-0.39, 0.29) is 23.2 Å². The van der Waals surface area contributed by atoms with Crippen molar-refractivity contribution in [2.24, 2.45) is 0 Å². The average molecular weight is 515 g/mol. The topological polar surface area (TPSA) is 73.7 Å². The van der Waals surface area contributed by atoms with Gasteiger partial charge in [-0.05, 0) is 24.6 Å². The molecule has 1 fully saturated rings. The molecule has 0 spiro atoms. The number of anilines is 1. The summed E-state index contributed by atoms with van der Waals surface area (Å²) in [7, 11) is 0. The second-order valence-corrected chi connectivity index (χ2v) is 10.7. The lowest BCUT2D eigenvalue weighted by Gasteiger charge is -2.37. The molecule has 1 aliphatic heterocycles. The molecular formula is C29H30N4O3S. The lowest BCUT2D eigenvalue weighted by Crippen LogP contribution is -2.50. The highest BCUT2D eigenvalue weighted by molar-refractivity contribution is 7.89. The molecule has 8 heteroatoms. The molecule has 4 aromatic rings. The maximum atomic E-state index is 13.6. The Morgan fingerprint density at radius 1 is 0.892 bits per heavy atom. The molecule has 1 saturated heterocycles. The van der Waals surface area contributed by atoms with Crippen LogP contribution in [0.3, 0.4) is 0 Å². The van der Waals surface area contributed by atoms with Gasteiger partial charge in [-0.1, -0.05) is 78.9 Å². The van der Waals surface area contributed by atoms with Crippen LogP contribution in [0.25, 0.3) is 5.69 Å². The lowest BCUT2D eigenvalue weighted by molar-refractivity contribution is 0.297. The monoisotopic (exact) mass is 514 g/mol. The average Bonchev–Trinajstić information content (AvgIpc) is 2.97. The van der Waals surface area contributed by atoms with E-state index in [1.54, 1.807) is 6.20 Å². The third kappa shape index (κ3) is 5.72. The summed E-state index contributed by atoms with van der Waals surface area (Å²) in [4.78, 5) is 15.7. The standard InChI is InChI=1S/C29H30N4O3S/c1-23(25-13-7-3-8-14-25)37(35)32-19-17-31(18-20-32)27-21-30-33(26-15-9-4-10-16-26)29(34)28(27)36-22-24-11-5-2-6-12-24/h2-16,21,23H,17-20,22H2,1H3/t23?,37-/m1/s1. The van der Waals surface area contributed by atoms with Crippen molar-refractivity contribution in [1.29, 1.82) is 0 Å². The van der Waals surface area contributed by atoms with E-state index < -0.39 is 11.4 Å². The van der Waals surface area contributed by atoms with Crippen LogP contribution in [-0.2, 0) is 18.0 Å². The first kappa shape index (κ1) is 25.1. The summed E-state index contributed by atoms with van der Waals surface area (Å²) >= 11 is -1.15. The van der Waals surface area contributed by atoms with Crippen molar-refractivity contribution >= 4 is 17.0 Å². The van der Waals surface area contributed by atoms with Crippen molar-refractivity contribution in [1.82, 2.24) is 14.1 Å². The molecule has 0 amide bonds. The van der Waals surface area contributed by atoms with Crippen molar-refractivity contribution in [2.75, 3.05) is 31.1 Å². The Hall–Kier alpha value is -3.59. The number of piperazine rings is 1. The molecule has 7 nitrogen and oxygen atoms in total. The van der Waals surface area contributed by atoms with Crippen LogP contribution < -0.4 is 15.2 Å². The fourth-order valence-electron chi connectivity index (χ4n) is 4.45. The first-order valence-electron chi connectivity index (χ1n) is 12.4. The SMILES string of the molecule is CC(c1ccccc1)[S@@+]([O-])N1CCN(c2cnn(-c3ccccc3)c(=O)c2OCc2ccccc2)CC1. The zero-order valence-electron chi connectivity index (χ0n) is 20.8. The number of rotatable bonds is 8. The van der Waals surface area contributed by atoms with Gasteiger partial charge in [0, 0.05) is 30.0 Å². The number of aromatic nitrogens is 2. The first-order valence-corrected chi connectivity index (χ1v) is 13.6. The summed E-state index contributed by atoms with van der Waals surface area (Å²) in [6.45, 7) is 4.74. The minimum Gasteiger partial charge on any atom is -0.597 e. The van der Waals surface area contributed by atoms with Gasteiger partial charge in [-0.25, -0.2) is 0 Å². The number of hydrogen-bond donors (Lipinski definition) is 0. The minimum absolute atomic E-state index is 0.0889. The molecule has 0 bridgehead atoms. The van der Waals surface area contributed by atoms with Crippen molar-refractivity contribution in [3.63, 3.8) is 0 Å². The predicted molar refractivity (Wildman–Crippen MR) is 147 cm³/mol. The first-order chi connectivity index (χ1) is 18.1. The Labute approximate surface area is 220 Å². The Bertz CT molecular complexity index is 1340. The number of nitrogens with zero attached hydrogens (tertiary/aromatic N) is 4. The summed E-state index contributed by atoms with van der Waals surface area (Å²) in [5.74, 6) is 0.273. The van der Waals surface area contributed by atoms with E-state index in [1.165, 1.54) is 4.68 Å². The normalized spacial score (nSPS) is 15.8. The molecule has 3 aromatic carbocycles. The fourth-order valence-corrected chi connectivity index (χ4v) is 5.81. The Morgan fingerprint density at radius 2 is 1.49 bits per heavy atom. The van der Waals surface area contributed by atoms with E-state index in [0.717, 1.165) is 11.1 Å². The van der Waals surface area contributed by atoms with Crippen LogP contribution in [0.5, 0.6) is 5.75 Å². The summed E-state index contributed by atoms with van der Waals surface area (Å²) in [6.07, 6.45) is 1.70. The second kappa shape index (κ2) is 11.6. The van der Waals surface area contributed by atoms with Crippen LogP contribution in [0.4, 0.5) is 5.69 Å². The third-order valence-electron chi connectivity index (χ3n) is 6.55. The van der Waals surface area contributed by atoms with Crippen molar-refractivity contribution in [3.05, 3.63) is 119 Å². The Morgan fingerprint density at radius 3 is 2.14 bits per heavy atom. The van der Waals surface area contributed by atoms with Crippen LogP contribution in [0.2, 0.25) is 0 Å². The highest BCUT2D eigenvalue weighted by Crippen LogP contribution is 2.29. The largest absolute Gasteiger partial charge is 0.597 e. The van der Waals surface area contributed by atoms with Gasteiger partial charge in [0.05, 0.1) is 25.0 Å². The zero-order chi connectivity index (χ0) is 25.6. The molecule has 0 N–H and O–H groups in total. The Kier molecular flexibility index (Phi) is 7.89. The summed E-state index contributed by atoms with van der Waals surface area (Å²) < 4.78 is 22.8. The van der Waals surface area contributed by atoms with E-state index in [2.05, 4.69) is 10.00 Å². The molecule has 0 aliphatic carbocycles. The van der Waals surface area contributed by atoms with E-state index >= 15 is 0 Å². The Balaban J connectivity index is 1.36. The van der Waals surface area contributed by atoms with Gasteiger partial charge in [-0.15, -0.1) is 4.31 Å². The van der Waals surface area contributed by atoms with Crippen molar-refractivity contribution in [2.45, 2.75) is 18.8 Å². The molecule has 2 heterocycles. The van der Waals surface area contributed by atoms with E-state index in [9.17, 15) is 9.35 Å². The maximum Gasteiger partial charge on any atom is 0.316 e. The van der Waals surface area contributed by atoms with Crippen LogP contribution >= 0.6 is 0 Å². The number of para-hydroxylation sites is 1. The lowest BCUT2D eigenvalue weighted by atomic mass is 10.2. The van der Waals surface area contributed by atoms with E-state index in [0.29, 0.717) is 37.6 Å². The highest BCUT2D eigenvalue weighted by Gasteiger charge is 2.32. The van der Waals surface area contributed by atoms with E-state index in [4.69, 9.17) is 4.74 Å². The molecule has 1 aromatic heterocycles. The van der Waals surface area contributed by atoms with Crippen LogP contribution in [-0.4, -0.2) is 44.8 Å². The maximum absolute atomic E-state index is 13.6. The van der Waals surface area contributed by atoms with Gasteiger partial charge in [0.2, 0.25) is 5.75 Å². The van der Waals surface area contributed by atoms with Gasteiger partial charge in [-0.3, -0.25) is 4.79 Å². The molecule has 2 atom stereocenters. The van der Waals surface area contributed by atoms with Crippen LogP contribution in [0.15, 0.2) is 102 Å². The number of benzene rings is 3.